The predicted molar refractivity (Wildman–Crippen MR) is 91.0 cm³/mol. The first-order chi connectivity index (χ1) is 11.6. The van der Waals surface area contributed by atoms with Gasteiger partial charge in [0, 0.05) is 11.4 Å². The molecule has 0 spiro atoms. The molecule has 24 heavy (non-hydrogen) atoms. The maximum absolute atomic E-state index is 12.2. The highest BCUT2D eigenvalue weighted by Crippen LogP contribution is 2.42. The van der Waals surface area contributed by atoms with Crippen molar-refractivity contribution < 1.29 is 14.3 Å². The second-order valence-electron chi connectivity index (χ2n) is 5.70. The highest BCUT2D eigenvalue weighted by atomic mass is 35.5. The van der Waals surface area contributed by atoms with Crippen LogP contribution in [0.1, 0.15) is 40.7 Å². The van der Waals surface area contributed by atoms with Gasteiger partial charge in [0.1, 0.15) is 24.7 Å². The lowest BCUT2D eigenvalue weighted by Gasteiger charge is -2.13. The molecule has 4 nitrogen and oxygen atoms in total. The van der Waals surface area contributed by atoms with Gasteiger partial charge in [-0.15, -0.1) is 0 Å². The number of nitrogens with zero attached hydrogens (tertiary/aromatic N) is 1. The van der Waals surface area contributed by atoms with Gasteiger partial charge in [0.2, 0.25) is 0 Å². The molecule has 1 aliphatic carbocycles. The van der Waals surface area contributed by atoms with Crippen LogP contribution in [0.4, 0.5) is 0 Å². The summed E-state index contributed by atoms with van der Waals surface area (Å²) >= 11 is 6.21. The third-order valence-electron chi connectivity index (χ3n) is 4.01. The van der Waals surface area contributed by atoms with Gasteiger partial charge in [-0.1, -0.05) is 18.5 Å². The topological polar surface area (TPSA) is 59.3 Å². The fourth-order valence-electron chi connectivity index (χ4n) is 2.88. The standard InChI is InChI=1S/C19H16ClNO3/c1-12-10-16(22)19-17(7-6-15(20)18(12)19)24-9-8-23-14-4-2-13(11-21)3-5-14/h2-7,12H,8-10H2,1H3. The highest BCUT2D eigenvalue weighted by Gasteiger charge is 2.31. The van der Waals surface area contributed by atoms with Gasteiger partial charge in [-0.2, -0.15) is 5.26 Å². The van der Waals surface area contributed by atoms with E-state index >= 15 is 0 Å². The number of nitriles is 1. The van der Waals surface area contributed by atoms with E-state index in [0.717, 1.165) is 5.56 Å². The summed E-state index contributed by atoms with van der Waals surface area (Å²) in [6, 6.07) is 12.4. The van der Waals surface area contributed by atoms with Crippen molar-refractivity contribution in [2.24, 2.45) is 0 Å². The third kappa shape index (κ3) is 3.22. The fraction of sp³-hybridized carbons (Fsp3) is 0.263. The van der Waals surface area contributed by atoms with Crippen molar-refractivity contribution in [1.29, 1.82) is 5.26 Å². The smallest absolute Gasteiger partial charge is 0.167 e. The molecule has 3 rings (SSSR count). The molecule has 0 aliphatic heterocycles. The molecule has 2 aromatic carbocycles. The molecule has 0 bridgehead atoms. The van der Waals surface area contributed by atoms with Crippen molar-refractivity contribution in [2.75, 3.05) is 13.2 Å². The number of halogens is 1. The van der Waals surface area contributed by atoms with E-state index in [0.29, 0.717) is 47.3 Å². The van der Waals surface area contributed by atoms with Crippen LogP contribution in [0, 0.1) is 11.3 Å². The largest absolute Gasteiger partial charge is 0.490 e. The van der Waals surface area contributed by atoms with Crippen LogP contribution in [0.2, 0.25) is 5.02 Å². The van der Waals surface area contributed by atoms with Gasteiger partial charge in [0.15, 0.2) is 5.78 Å². The quantitative estimate of drug-likeness (QED) is 0.758. The number of carbonyl (C=O) groups excluding carboxylic acids is 1. The molecule has 0 saturated carbocycles. The summed E-state index contributed by atoms with van der Waals surface area (Å²) in [7, 11) is 0. The van der Waals surface area contributed by atoms with E-state index in [1.807, 2.05) is 6.92 Å². The average Bonchev–Trinajstić information content (AvgIpc) is 2.89. The molecule has 1 atom stereocenters. The number of hydrogen-bond donors (Lipinski definition) is 0. The Morgan fingerprint density at radius 2 is 1.88 bits per heavy atom. The van der Waals surface area contributed by atoms with Crippen LogP contribution in [0.3, 0.4) is 0 Å². The van der Waals surface area contributed by atoms with Crippen molar-refractivity contribution in [3.8, 4) is 17.6 Å². The Morgan fingerprint density at radius 3 is 2.58 bits per heavy atom. The Labute approximate surface area is 145 Å². The lowest BCUT2D eigenvalue weighted by atomic mass is 10.0. The first-order valence-corrected chi connectivity index (χ1v) is 8.09. The molecule has 2 aromatic rings. The van der Waals surface area contributed by atoms with Gasteiger partial charge in [0.25, 0.3) is 0 Å². The van der Waals surface area contributed by atoms with E-state index < -0.39 is 0 Å². The lowest BCUT2D eigenvalue weighted by molar-refractivity contribution is 0.0985. The van der Waals surface area contributed by atoms with Gasteiger partial charge in [0.05, 0.1) is 17.2 Å². The van der Waals surface area contributed by atoms with Gasteiger partial charge in [-0.05, 0) is 47.9 Å². The lowest BCUT2D eigenvalue weighted by Crippen LogP contribution is -2.11. The van der Waals surface area contributed by atoms with Crippen LogP contribution >= 0.6 is 11.6 Å². The minimum absolute atomic E-state index is 0.0722. The van der Waals surface area contributed by atoms with Crippen LogP contribution in [0.25, 0.3) is 0 Å². The Kier molecular flexibility index (Phi) is 4.73. The van der Waals surface area contributed by atoms with Crippen molar-refractivity contribution >= 4 is 17.4 Å². The molecule has 5 heteroatoms. The minimum atomic E-state index is 0.0722. The zero-order valence-electron chi connectivity index (χ0n) is 13.2. The third-order valence-corrected chi connectivity index (χ3v) is 4.34. The zero-order valence-corrected chi connectivity index (χ0v) is 14.0. The molecule has 0 amide bonds. The Hall–Kier alpha value is -2.51. The zero-order chi connectivity index (χ0) is 17.1. The number of rotatable bonds is 5. The molecule has 0 heterocycles. The first-order valence-electron chi connectivity index (χ1n) is 7.71. The molecular formula is C19H16ClNO3. The van der Waals surface area contributed by atoms with E-state index in [9.17, 15) is 4.79 Å². The van der Waals surface area contributed by atoms with E-state index in [1.165, 1.54) is 0 Å². The normalized spacial score (nSPS) is 15.7. The van der Waals surface area contributed by atoms with E-state index in [4.69, 9.17) is 26.3 Å². The van der Waals surface area contributed by atoms with Crippen molar-refractivity contribution in [1.82, 2.24) is 0 Å². The number of hydrogen-bond acceptors (Lipinski definition) is 4. The van der Waals surface area contributed by atoms with Crippen molar-refractivity contribution in [2.45, 2.75) is 19.3 Å². The summed E-state index contributed by atoms with van der Waals surface area (Å²) in [5, 5.41) is 9.37. The fourth-order valence-corrected chi connectivity index (χ4v) is 3.23. The van der Waals surface area contributed by atoms with Crippen LogP contribution in [-0.2, 0) is 0 Å². The van der Waals surface area contributed by atoms with Crippen molar-refractivity contribution in [3.63, 3.8) is 0 Å². The van der Waals surface area contributed by atoms with E-state index in [2.05, 4.69) is 6.07 Å². The molecule has 1 unspecified atom stereocenters. The summed E-state index contributed by atoms with van der Waals surface area (Å²) in [5.74, 6) is 1.43. The number of Topliss-reactive ketones (excluding diaryl/α,β-unsaturated/α-hetero) is 1. The Morgan fingerprint density at radius 1 is 1.17 bits per heavy atom. The molecule has 0 aromatic heterocycles. The molecule has 0 fully saturated rings. The molecular weight excluding hydrogens is 326 g/mol. The molecule has 1 aliphatic rings. The summed E-state index contributed by atoms with van der Waals surface area (Å²) in [5.41, 5.74) is 2.07. The second-order valence-corrected chi connectivity index (χ2v) is 6.10. The van der Waals surface area contributed by atoms with Gasteiger partial charge in [-0.25, -0.2) is 0 Å². The molecule has 0 saturated heterocycles. The maximum atomic E-state index is 12.2. The van der Waals surface area contributed by atoms with Crippen LogP contribution in [-0.4, -0.2) is 19.0 Å². The Balaban J connectivity index is 1.62. The predicted octanol–water partition coefficient (Wildman–Crippen LogP) is 4.36. The number of ketones is 1. The first kappa shape index (κ1) is 16.4. The summed E-state index contributed by atoms with van der Waals surface area (Å²) in [4.78, 5) is 12.2. The Bertz CT molecular complexity index is 809. The second kappa shape index (κ2) is 6.94. The van der Waals surface area contributed by atoms with Crippen molar-refractivity contribution in [3.05, 3.63) is 58.1 Å². The van der Waals surface area contributed by atoms with Gasteiger partial charge in [-0.3, -0.25) is 4.79 Å². The minimum Gasteiger partial charge on any atom is -0.490 e. The monoisotopic (exact) mass is 341 g/mol. The van der Waals surface area contributed by atoms with E-state index in [1.54, 1.807) is 36.4 Å². The molecule has 0 radical (unpaired) electrons. The maximum Gasteiger partial charge on any atom is 0.167 e. The van der Waals surface area contributed by atoms with E-state index in [-0.39, 0.29) is 11.7 Å². The molecule has 0 N–H and O–H groups in total. The van der Waals surface area contributed by atoms with Gasteiger partial charge >= 0.3 is 0 Å². The molecule has 122 valence electrons. The number of carbonyl (C=O) groups is 1. The highest BCUT2D eigenvalue weighted by molar-refractivity contribution is 6.32. The number of ether oxygens (including phenoxy) is 2. The average molecular weight is 342 g/mol. The van der Waals surface area contributed by atoms with Crippen LogP contribution in [0.5, 0.6) is 11.5 Å². The summed E-state index contributed by atoms with van der Waals surface area (Å²) < 4.78 is 11.3. The number of benzene rings is 2. The number of fused-ring (bicyclic) bond motifs is 1. The van der Waals surface area contributed by atoms with Gasteiger partial charge < -0.3 is 9.47 Å². The summed E-state index contributed by atoms with van der Waals surface area (Å²) in [6.45, 7) is 2.65. The van der Waals surface area contributed by atoms with Crippen LogP contribution < -0.4 is 9.47 Å². The SMILES string of the molecule is CC1CC(=O)c2c(OCCOc3ccc(C#N)cc3)ccc(Cl)c21. The summed E-state index contributed by atoms with van der Waals surface area (Å²) in [6.07, 6.45) is 0.469. The van der Waals surface area contributed by atoms with Crippen LogP contribution in [0.15, 0.2) is 36.4 Å².